The van der Waals surface area contributed by atoms with Gasteiger partial charge in [-0.1, -0.05) is 46.3 Å². The molecule has 0 atom stereocenters. The molecule has 0 amide bonds. The van der Waals surface area contributed by atoms with Crippen LogP contribution >= 0.6 is 15.9 Å². The van der Waals surface area contributed by atoms with Gasteiger partial charge in [0.15, 0.2) is 0 Å². The first kappa shape index (κ1) is 17.2. The van der Waals surface area contributed by atoms with Crippen molar-refractivity contribution in [1.82, 2.24) is 0 Å². The summed E-state index contributed by atoms with van der Waals surface area (Å²) < 4.78 is 1.13. The molecule has 2 aromatic rings. The highest BCUT2D eigenvalue weighted by Gasteiger charge is 2.12. The first-order chi connectivity index (χ1) is 10.1. The van der Waals surface area contributed by atoms with Gasteiger partial charge >= 0.3 is 5.97 Å². The number of hydrogen-bond donors (Lipinski definition) is 1. The molecular formula is C17H20BrNO2. The SMILES string of the molecule is Brc1ccccc1.CCN(CC)c1ccccc1C(=O)O. The van der Waals surface area contributed by atoms with Crippen LogP contribution in [0.2, 0.25) is 0 Å². The Morgan fingerprint density at radius 1 is 1.00 bits per heavy atom. The van der Waals surface area contributed by atoms with Gasteiger partial charge in [0.1, 0.15) is 0 Å². The molecule has 0 spiro atoms. The fourth-order valence-corrected chi connectivity index (χ4v) is 2.21. The lowest BCUT2D eigenvalue weighted by Crippen LogP contribution is -2.24. The van der Waals surface area contributed by atoms with Crippen LogP contribution in [0.25, 0.3) is 0 Å². The van der Waals surface area contributed by atoms with Crippen LogP contribution in [0.15, 0.2) is 59.1 Å². The van der Waals surface area contributed by atoms with Crippen molar-refractivity contribution in [2.45, 2.75) is 13.8 Å². The van der Waals surface area contributed by atoms with E-state index in [2.05, 4.69) is 15.9 Å². The molecule has 2 aromatic carbocycles. The second-order valence-corrected chi connectivity index (χ2v) is 5.21. The number of anilines is 1. The molecule has 0 aliphatic carbocycles. The van der Waals surface area contributed by atoms with Gasteiger partial charge in [0.2, 0.25) is 0 Å². The van der Waals surface area contributed by atoms with E-state index in [-0.39, 0.29) is 0 Å². The molecule has 2 rings (SSSR count). The third kappa shape index (κ3) is 5.60. The molecule has 21 heavy (non-hydrogen) atoms. The van der Waals surface area contributed by atoms with Crippen LogP contribution in [0.3, 0.4) is 0 Å². The van der Waals surface area contributed by atoms with E-state index >= 15 is 0 Å². The van der Waals surface area contributed by atoms with Crippen LogP contribution in [0.5, 0.6) is 0 Å². The van der Waals surface area contributed by atoms with Crippen LogP contribution in [0, 0.1) is 0 Å². The van der Waals surface area contributed by atoms with E-state index in [0.717, 1.165) is 23.2 Å². The molecule has 0 bridgehead atoms. The zero-order chi connectivity index (χ0) is 15.7. The predicted octanol–water partition coefficient (Wildman–Crippen LogP) is 4.68. The highest BCUT2D eigenvalue weighted by Crippen LogP contribution is 2.19. The average molecular weight is 350 g/mol. The van der Waals surface area contributed by atoms with Crippen molar-refractivity contribution in [3.05, 3.63) is 64.6 Å². The van der Waals surface area contributed by atoms with Crippen molar-refractivity contribution in [2.24, 2.45) is 0 Å². The van der Waals surface area contributed by atoms with Gasteiger partial charge < -0.3 is 10.0 Å². The quantitative estimate of drug-likeness (QED) is 0.870. The second-order valence-electron chi connectivity index (χ2n) is 4.29. The Labute approximate surface area is 134 Å². The third-order valence-corrected chi connectivity index (χ3v) is 3.50. The van der Waals surface area contributed by atoms with Crippen LogP contribution in [0.1, 0.15) is 24.2 Å². The molecule has 0 unspecified atom stereocenters. The fraction of sp³-hybridized carbons (Fsp3) is 0.235. The maximum Gasteiger partial charge on any atom is 0.337 e. The second kappa shape index (κ2) is 9.19. The lowest BCUT2D eigenvalue weighted by molar-refractivity contribution is 0.0697. The summed E-state index contributed by atoms with van der Waals surface area (Å²) in [6.07, 6.45) is 0. The number of nitrogens with zero attached hydrogens (tertiary/aromatic N) is 1. The minimum absolute atomic E-state index is 0.371. The molecule has 0 saturated heterocycles. The molecule has 1 N–H and O–H groups in total. The Morgan fingerprint density at radius 2 is 1.52 bits per heavy atom. The van der Waals surface area contributed by atoms with E-state index in [1.165, 1.54) is 0 Å². The molecule has 0 fully saturated rings. The highest BCUT2D eigenvalue weighted by atomic mass is 79.9. The summed E-state index contributed by atoms with van der Waals surface area (Å²) in [5.74, 6) is -0.868. The van der Waals surface area contributed by atoms with Gasteiger partial charge in [0.25, 0.3) is 0 Å². The molecule has 0 aliphatic rings. The number of hydrogen-bond acceptors (Lipinski definition) is 2. The van der Waals surface area contributed by atoms with Crippen molar-refractivity contribution in [2.75, 3.05) is 18.0 Å². The van der Waals surface area contributed by atoms with Crippen LogP contribution < -0.4 is 4.90 Å². The Hall–Kier alpha value is -1.81. The van der Waals surface area contributed by atoms with E-state index in [0.29, 0.717) is 5.56 Å². The predicted molar refractivity (Wildman–Crippen MR) is 91.1 cm³/mol. The monoisotopic (exact) mass is 349 g/mol. The maximum atomic E-state index is 10.9. The van der Waals surface area contributed by atoms with Gasteiger partial charge in [-0.3, -0.25) is 0 Å². The van der Waals surface area contributed by atoms with Gasteiger partial charge in [-0.05, 0) is 38.1 Å². The summed E-state index contributed by atoms with van der Waals surface area (Å²) in [5.41, 5.74) is 1.17. The van der Waals surface area contributed by atoms with Gasteiger partial charge in [-0.2, -0.15) is 0 Å². The van der Waals surface area contributed by atoms with E-state index in [4.69, 9.17) is 5.11 Å². The van der Waals surface area contributed by atoms with Crippen molar-refractivity contribution < 1.29 is 9.90 Å². The first-order valence-corrected chi connectivity index (χ1v) is 7.67. The number of benzene rings is 2. The van der Waals surface area contributed by atoms with E-state index in [9.17, 15) is 4.79 Å². The van der Waals surface area contributed by atoms with E-state index in [1.54, 1.807) is 12.1 Å². The Morgan fingerprint density at radius 3 is 1.95 bits per heavy atom. The third-order valence-electron chi connectivity index (χ3n) is 2.97. The minimum atomic E-state index is -0.868. The minimum Gasteiger partial charge on any atom is -0.478 e. The van der Waals surface area contributed by atoms with Gasteiger partial charge in [0.05, 0.1) is 11.3 Å². The molecule has 0 aliphatic heterocycles. The summed E-state index contributed by atoms with van der Waals surface area (Å²) in [7, 11) is 0. The molecule has 4 heteroatoms. The largest absolute Gasteiger partial charge is 0.478 e. The van der Waals surface area contributed by atoms with Crippen molar-refractivity contribution in [3.8, 4) is 0 Å². The Balaban J connectivity index is 0.000000262. The summed E-state index contributed by atoms with van der Waals surface area (Å²) >= 11 is 3.31. The molecule has 112 valence electrons. The average Bonchev–Trinajstić information content (AvgIpc) is 2.50. The van der Waals surface area contributed by atoms with Crippen molar-refractivity contribution >= 4 is 27.6 Å². The number of aromatic carboxylic acids is 1. The number of carboxylic acids is 1. The lowest BCUT2D eigenvalue weighted by Gasteiger charge is -2.22. The van der Waals surface area contributed by atoms with Crippen molar-refractivity contribution in [1.29, 1.82) is 0 Å². The smallest absolute Gasteiger partial charge is 0.337 e. The topological polar surface area (TPSA) is 40.5 Å². The summed E-state index contributed by atoms with van der Waals surface area (Å²) in [4.78, 5) is 13.0. The van der Waals surface area contributed by atoms with Crippen LogP contribution in [-0.4, -0.2) is 24.2 Å². The standard InChI is InChI=1S/C11H15NO2.C6H5Br/c1-3-12(4-2)10-8-6-5-7-9(10)11(13)14;7-6-4-2-1-3-5-6/h5-8H,3-4H2,1-2H3,(H,13,14);1-5H. The van der Waals surface area contributed by atoms with Gasteiger partial charge in [-0.15, -0.1) is 0 Å². The number of carboxylic acid groups (broad SMARTS) is 1. The van der Waals surface area contributed by atoms with Gasteiger partial charge in [-0.25, -0.2) is 4.79 Å². The Bertz CT molecular complexity index is 554. The van der Waals surface area contributed by atoms with E-state index < -0.39 is 5.97 Å². The molecule has 0 aromatic heterocycles. The number of para-hydroxylation sites is 1. The maximum absolute atomic E-state index is 10.9. The normalized spacial score (nSPS) is 9.48. The summed E-state index contributed by atoms with van der Waals surface area (Å²) in [6, 6.07) is 17.1. The zero-order valence-electron chi connectivity index (χ0n) is 12.3. The Kier molecular flexibility index (Phi) is 7.54. The summed E-state index contributed by atoms with van der Waals surface area (Å²) in [6.45, 7) is 5.67. The summed E-state index contributed by atoms with van der Waals surface area (Å²) in [5, 5.41) is 8.98. The van der Waals surface area contributed by atoms with Gasteiger partial charge in [0, 0.05) is 17.6 Å². The number of halogens is 1. The molecule has 0 heterocycles. The van der Waals surface area contributed by atoms with Crippen LogP contribution in [0.4, 0.5) is 5.69 Å². The fourth-order valence-electron chi connectivity index (χ4n) is 1.91. The first-order valence-electron chi connectivity index (χ1n) is 6.88. The zero-order valence-corrected chi connectivity index (χ0v) is 13.9. The van der Waals surface area contributed by atoms with Crippen molar-refractivity contribution in [3.63, 3.8) is 0 Å². The molecule has 0 radical (unpaired) electrons. The molecule has 0 saturated carbocycles. The molecular weight excluding hydrogens is 330 g/mol. The molecule has 3 nitrogen and oxygen atoms in total. The van der Waals surface area contributed by atoms with E-state index in [1.807, 2.05) is 61.2 Å². The number of rotatable bonds is 4. The van der Waals surface area contributed by atoms with Crippen LogP contribution in [-0.2, 0) is 0 Å². The highest BCUT2D eigenvalue weighted by molar-refractivity contribution is 9.10. The lowest BCUT2D eigenvalue weighted by atomic mass is 10.1. The number of carbonyl (C=O) groups is 1.